The summed E-state index contributed by atoms with van der Waals surface area (Å²) >= 11 is 0. The lowest BCUT2D eigenvalue weighted by Crippen LogP contribution is -2.64. The van der Waals surface area contributed by atoms with E-state index in [4.69, 9.17) is 4.84 Å². The molecule has 2 aliphatic rings. The maximum atomic E-state index is 6.52. The van der Waals surface area contributed by atoms with Crippen molar-refractivity contribution in [3.8, 4) is 0 Å². The van der Waals surface area contributed by atoms with E-state index in [9.17, 15) is 0 Å². The fraction of sp³-hybridized carbons (Fsp3) is 1.00. The van der Waals surface area contributed by atoms with E-state index in [1.165, 1.54) is 51.4 Å². The zero-order valence-electron chi connectivity index (χ0n) is 14.9. The molecule has 1 aliphatic carbocycles. The molecule has 0 unspecified atom stereocenters. The zero-order valence-corrected chi connectivity index (χ0v) is 14.9. The Morgan fingerprint density at radius 3 is 2.10 bits per heavy atom. The number of nitrogens with zero attached hydrogens (tertiary/aromatic N) is 1. The topological polar surface area (TPSA) is 24.5 Å². The summed E-state index contributed by atoms with van der Waals surface area (Å²) in [7, 11) is 0. The van der Waals surface area contributed by atoms with Gasteiger partial charge in [-0.3, -0.25) is 4.84 Å². The van der Waals surface area contributed by atoms with Gasteiger partial charge in [0.1, 0.15) is 0 Å². The minimum atomic E-state index is 0.102. The standard InChI is InChI=1S/C18H36N2O/c1-6-12-19-15-13-17(2,3)20(18(4,5)14-15)21-16-10-8-7-9-11-16/h15-16,19H,6-14H2,1-5H3. The van der Waals surface area contributed by atoms with E-state index in [0.717, 1.165) is 6.54 Å². The van der Waals surface area contributed by atoms with Gasteiger partial charge in [-0.05, 0) is 66.3 Å². The first kappa shape index (κ1) is 17.2. The summed E-state index contributed by atoms with van der Waals surface area (Å²) < 4.78 is 0. The van der Waals surface area contributed by atoms with Crippen molar-refractivity contribution in [3.63, 3.8) is 0 Å². The first-order valence-electron chi connectivity index (χ1n) is 9.05. The van der Waals surface area contributed by atoms with Gasteiger partial charge in [-0.1, -0.05) is 26.2 Å². The molecule has 3 nitrogen and oxygen atoms in total. The van der Waals surface area contributed by atoms with Gasteiger partial charge in [0.2, 0.25) is 0 Å². The summed E-state index contributed by atoms with van der Waals surface area (Å²) in [5, 5.41) is 6.07. The van der Waals surface area contributed by atoms with Crippen LogP contribution in [-0.2, 0) is 4.84 Å². The highest BCUT2D eigenvalue weighted by atomic mass is 16.7. The molecule has 0 spiro atoms. The molecule has 0 aromatic rings. The van der Waals surface area contributed by atoms with Crippen LogP contribution in [-0.4, -0.2) is 34.8 Å². The van der Waals surface area contributed by atoms with Gasteiger partial charge in [-0.15, -0.1) is 0 Å². The average Bonchev–Trinajstić information content (AvgIpc) is 2.41. The highest BCUT2D eigenvalue weighted by molar-refractivity contribution is 4.99. The molecule has 21 heavy (non-hydrogen) atoms. The van der Waals surface area contributed by atoms with Crippen molar-refractivity contribution < 1.29 is 4.84 Å². The molecule has 1 heterocycles. The lowest BCUT2D eigenvalue weighted by atomic mass is 9.79. The predicted octanol–water partition coefficient (Wildman–Crippen LogP) is 4.27. The van der Waals surface area contributed by atoms with E-state index in [2.05, 4.69) is 45.0 Å². The lowest BCUT2D eigenvalue weighted by molar-refractivity contribution is -0.310. The first-order valence-corrected chi connectivity index (χ1v) is 9.05. The third-order valence-electron chi connectivity index (χ3n) is 5.08. The summed E-state index contributed by atoms with van der Waals surface area (Å²) in [6, 6.07) is 0.612. The maximum absolute atomic E-state index is 6.52. The molecule has 1 saturated carbocycles. The normalized spacial score (nSPS) is 27.9. The van der Waals surface area contributed by atoms with Crippen molar-refractivity contribution in [1.29, 1.82) is 0 Å². The van der Waals surface area contributed by atoms with E-state index in [1.807, 2.05) is 0 Å². The van der Waals surface area contributed by atoms with Crippen LogP contribution < -0.4 is 5.32 Å². The third-order valence-corrected chi connectivity index (χ3v) is 5.08. The van der Waals surface area contributed by atoms with Crippen LogP contribution in [0.4, 0.5) is 0 Å². The molecular formula is C18H36N2O. The number of hydrogen-bond donors (Lipinski definition) is 1. The Hall–Kier alpha value is -0.120. The van der Waals surface area contributed by atoms with Crippen molar-refractivity contribution in [3.05, 3.63) is 0 Å². The second kappa shape index (κ2) is 6.97. The SMILES string of the molecule is CCCNC1CC(C)(C)N(OC2CCCCC2)C(C)(C)C1. The molecule has 2 fully saturated rings. The van der Waals surface area contributed by atoms with Crippen LogP contribution in [0.15, 0.2) is 0 Å². The van der Waals surface area contributed by atoms with E-state index < -0.39 is 0 Å². The fourth-order valence-electron chi connectivity index (χ4n) is 4.36. The van der Waals surface area contributed by atoms with Crippen LogP contribution >= 0.6 is 0 Å². The predicted molar refractivity (Wildman–Crippen MR) is 89.3 cm³/mol. The first-order chi connectivity index (χ1) is 9.85. The smallest absolute Gasteiger partial charge is 0.0793 e. The molecule has 1 saturated heterocycles. The minimum Gasteiger partial charge on any atom is -0.314 e. The van der Waals surface area contributed by atoms with Gasteiger partial charge in [-0.25, -0.2) is 0 Å². The molecule has 1 N–H and O–H groups in total. The summed E-state index contributed by atoms with van der Waals surface area (Å²) in [5.74, 6) is 0. The summed E-state index contributed by atoms with van der Waals surface area (Å²) in [4.78, 5) is 6.52. The van der Waals surface area contributed by atoms with Gasteiger partial charge in [0.25, 0.3) is 0 Å². The average molecular weight is 296 g/mol. The Morgan fingerprint density at radius 1 is 1.00 bits per heavy atom. The Kier molecular flexibility index (Phi) is 5.72. The van der Waals surface area contributed by atoms with Crippen LogP contribution in [0.5, 0.6) is 0 Å². The van der Waals surface area contributed by atoms with Crippen molar-refractivity contribution in [2.75, 3.05) is 6.54 Å². The second-order valence-electron chi connectivity index (χ2n) is 8.34. The molecule has 0 aromatic carbocycles. The molecule has 0 aromatic heterocycles. The van der Waals surface area contributed by atoms with Gasteiger partial charge in [0, 0.05) is 17.1 Å². The van der Waals surface area contributed by atoms with Crippen LogP contribution in [0.2, 0.25) is 0 Å². The Balaban J connectivity index is 2.02. The van der Waals surface area contributed by atoms with Gasteiger partial charge in [0.15, 0.2) is 0 Å². The number of nitrogens with one attached hydrogen (secondary N) is 1. The monoisotopic (exact) mass is 296 g/mol. The molecule has 1 aliphatic heterocycles. The maximum Gasteiger partial charge on any atom is 0.0793 e. The third kappa shape index (κ3) is 4.43. The lowest BCUT2D eigenvalue weighted by Gasteiger charge is -2.55. The largest absolute Gasteiger partial charge is 0.314 e. The molecular weight excluding hydrogens is 260 g/mol. The van der Waals surface area contributed by atoms with E-state index in [1.54, 1.807) is 0 Å². The van der Waals surface area contributed by atoms with Gasteiger partial charge in [-0.2, -0.15) is 5.06 Å². The van der Waals surface area contributed by atoms with Crippen molar-refractivity contribution in [1.82, 2.24) is 10.4 Å². The molecule has 0 bridgehead atoms. The van der Waals surface area contributed by atoms with E-state index >= 15 is 0 Å². The second-order valence-corrected chi connectivity index (χ2v) is 8.34. The molecule has 0 amide bonds. The number of hydroxylamine groups is 2. The molecule has 0 atom stereocenters. The van der Waals surface area contributed by atoms with Crippen LogP contribution in [0, 0.1) is 0 Å². The van der Waals surface area contributed by atoms with Crippen molar-refractivity contribution in [2.45, 2.75) is 109 Å². The minimum absolute atomic E-state index is 0.102. The van der Waals surface area contributed by atoms with Crippen LogP contribution in [0.1, 0.15) is 86.0 Å². The van der Waals surface area contributed by atoms with E-state index in [-0.39, 0.29) is 11.1 Å². The molecule has 124 valence electrons. The zero-order chi connectivity index (χ0) is 15.5. The van der Waals surface area contributed by atoms with Crippen molar-refractivity contribution in [2.24, 2.45) is 0 Å². The van der Waals surface area contributed by atoms with Gasteiger partial charge >= 0.3 is 0 Å². The van der Waals surface area contributed by atoms with Gasteiger partial charge < -0.3 is 5.32 Å². The number of rotatable bonds is 5. The molecule has 0 radical (unpaired) electrons. The highest BCUT2D eigenvalue weighted by Gasteiger charge is 2.47. The summed E-state index contributed by atoms with van der Waals surface area (Å²) in [6.45, 7) is 12.7. The summed E-state index contributed by atoms with van der Waals surface area (Å²) in [5.41, 5.74) is 0.204. The Morgan fingerprint density at radius 2 is 1.57 bits per heavy atom. The quantitative estimate of drug-likeness (QED) is 0.820. The Labute approximate surface area is 131 Å². The van der Waals surface area contributed by atoms with Gasteiger partial charge in [0.05, 0.1) is 6.10 Å². The number of piperidine rings is 1. The highest BCUT2D eigenvalue weighted by Crippen LogP contribution is 2.40. The van der Waals surface area contributed by atoms with Crippen molar-refractivity contribution >= 4 is 0 Å². The number of hydrogen-bond acceptors (Lipinski definition) is 3. The fourth-order valence-corrected chi connectivity index (χ4v) is 4.36. The van der Waals surface area contributed by atoms with E-state index in [0.29, 0.717) is 12.1 Å². The molecule has 3 heteroatoms. The van der Waals surface area contributed by atoms with Crippen LogP contribution in [0.25, 0.3) is 0 Å². The summed E-state index contributed by atoms with van der Waals surface area (Å²) in [6.07, 6.45) is 10.5. The Bertz CT molecular complexity index is 303. The molecule has 2 rings (SSSR count). The van der Waals surface area contributed by atoms with Crippen LogP contribution in [0.3, 0.4) is 0 Å².